The van der Waals surface area contributed by atoms with Crippen LogP contribution in [0.2, 0.25) is 0 Å². The normalized spacial score (nSPS) is 11.6. The second-order valence-corrected chi connectivity index (χ2v) is 6.32. The van der Waals surface area contributed by atoms with E-state index >= 15 is 0 Å². The van der Waals surface area contributed by atoms with Gasteiger partial charge in [0.1, 0.15) is 5.69 Å². The van der Waals surface area contributed by atoms with E-state index in [0.29, 0.717) is 19.4 Å². The molecule has 0 aliphatic carbocycles. The number of nitrogens with one attached hydrogen (secondary N) is 2. The molecular weight excluding hydrogens is 294 g/mol. The van der Waals surface area contributed by atoms with Crippen molar-refractivity contribution in [3.63, 3.8) is 0 Å². The summed E-state index contributed by atoms with van der Waals surface area (Å²) in [6.45, 7) is 6.05. The number of hydrogen-bond acceptors (Lipinski definition) is 5. The Labute approximate surface area is 124 Å². The van der Waals surface area contributed by atoms with Crippen molar-refractivity contribution in [3.05, 3.63) is 28.3 Å². The number of nitro groups is 1. The van der Waals surface area contributed by atoms with Crippen LogP contribution in [0.4, 0.5) is 11.4 Å². The van der Waals surface area contributed by atoms with Crippen LogP contribution < -0.4 is 10.0 Å². The van der Waals surface area contributed by atoms with E-state index in [1.807, 2.05) is 13.8 Å². The second kappa shape index (κ2) is 7.37. The zero-order valence-corrected chi connectivity index (χ0v) is 13.2. The summed E-state index contributed by atoms with van der Waals surface area (Å²) in [5.41, 5.74) is 0.0632. The fourth-order valence-electron chi connectivity index (χ4n) is 1.92. The van der Waals surface area contributed by atoms with Gasteiger partial charge in [0.05, 0.1) is 9.82 Å². The molecule has 0 fully saturated rings. The predicted molar refractivity (Wildman–Crippen MR) is 82.0 cm³/mol. The van der Waals surface area contributed by atoms with Crippen molar-refractivity contribution in [2.75, 3.05) is 11.9 Å². The molecule has 7 nitrogen and oxygen atoms in total. The summed E-state index contributed by atoms with van der Waals surface area (Å²) in [5.74, 6) is 0. The highest BCUT2D eigenvalue weighted by atomic mass is 32.2. The van der Waals surface area contributed by atoms with Gasteiger partial charge in [-0.2, -0.15) is 0 Å². The molecule has 0 saturated heterocycles. The summed E-state index contributed by atoms with van der Waals surface area (Å²) < 4.78 is 27.2. The summed E-state index contributed by atoms with van der Waals surface area (Å²) in [7, 11) is -3.68. The Morgan fingerprint density at radius 1 is 1.24 bits per heavy atom. The average molecular weight is 315 g/mol. The van der Waals surface area contributed by atoms with Gasteiger partial charge < -0.3 is 5.32 Å². The Balaban J connectivity index is 3.18. The first-order valence-corrected chi connectivity index (χ1v) is 8.38. The van der Waals surface area contributed by atoms with Crippen molar-refractivity contribution in [2.45, 2.75) is 44.6 Å². The SMILES string of the molecule is CCNc1cc(S(=O)(=O)NC(CC)CC)ccc1[N+](=O)[O-]. The van der Waals surface area contributed by atoms with E-state index in [4.69, 9.17) is 0 Å². The molecule has 0 unspecified atom stereocenters. The third-order valence-corrected chi connectivity index (χ3v) is 4.67. The Morgan fingerprint density at radius 2 is 1.86 bits per heavy atom. The number of benzene rings is 1. The molecule has 0 atom stereocenters. The van der Waals surface area contributed by atoms with E-state index in [9.17, 15) is 18.5 Å². The lowest BCUT2D eigenvalue weighted by Gasteiger charge is -2.15. The third-order valence-electron chi connectivity index (χ3n) is 3.15. The molecule has 0 radical (unpaired) electrons. The van der Waals surface area contributed by atoms with Gasteiger partial charge in [0.25, 0.3) is 5.69 Å². The van der Waals surface area contributed by atoms with Crippen LogP contribution >= 0.6 is 0 Å². The van der Waals surface area contributed by atoms with Crippen molar-refractivity contribution in [2.24, 2.45) is 0 Å². The fourth-order valence-corrected chi connectivity index (χ4v) is 3.34. The maximum atomic E-state index is 12.3. The molecule has 0 amide bonds. The van der Waals surface area contributed by atoms with Crippen LogP contribution in [-0.4, -0.2) is 25.9 Å². The molecule has 1 rings (SSSR count). The molecule has 8 heteroatoms. The molecule has 0 aliphatic heterocycles. The first-order chi connectivity index (χ1) is 9.85. The minimum absolute atomic E-state index is 0.0240. The Bertz CT molecular complexity index is 597. The van der Waals surface area contributed by atoms with Gasteiger partial charge in [-0.15, -0.1) is 0 Å². The molecule has 21 heavy (non-hydrogen) atoms. The molecule has 2 N–H and O–H groups in total. The van der Waals surface area contributed by atoms with Crippen LogP contribution in [0.25, 0.3) is 0 Å². The van der Waals surface area contributed by atoms with Gasteiger partial charge in [-0.1, -0.05) is 13.8 Å². The van der Waals surface area contributed by atoms with Gasteiger partial charge in [-0.25, -0.2) is 13.1 Å². The summed E-state index contributed by atoms with van der Waals surface area (Å²) in [5, 5.41) is 13.7. The van der Waals surface area contributed by atoms with Crippen molar-refractivity contribution in [1.29, 1.82) is 0 Å². The Morgan fingerprint density at radius 3 is 2.33 bits per heavy atom. The topological polar surface area (TPSA) is 101 Å². The van der Waals surface area contributed by atoms with Crippen molar-refractivity contribution >= 4 is 21.4 Å². The highest BCUT2D eigenvalue weighted by molar-refractivity contribution is 7.89. The van der Waals surface area contributed by atoms with Gasteiger partial charge in [0, 0.05) is 18.7 Å². The molecule has 1 aromatic carbocycles. The van der Waals surface area contributed by atoms with Crippen molar-refractivity contribution < 1.29 is 13.3 Å². The summed E-state index contributed by atoms with van der Waals surface area (Å²) in [4.78, 5) is 10.4. The summed E-state index contributed by atoms with van der Waals surface area (Å²) in [6.07, 6.45) is 1.37. The number of hydrogen-bond donors (Lipinski definition) is 2. The molecule has 0 spiro atoms. The highest BCUT2D eigenvalue weighted by Gasteiger charge is 2.22. The van der Waals surface area contributed by atoms with Gasteiger partial charge in [0.15, 0.2) is 0 Å². The minimum Gasteiger partial charge on any atom is -0.380 e. The number of sulfonamides is 1. The van der Waals surface area contributed by atoms with E-state index in [1.165, 1.54) is 18.2 Å². The number of nitro benzene ring substituents is 1. The largest absolute Gasteiger partial charge is 0.380 e. The summed E-state index contributed by atoms with van der Waals surface area (Å²) in [6, 6.07) is 3.61. The molecule has 1 aromatic rings. The lowest BCUT2D eigenvalue weighted by Crippen LogP contribution is -2.33. The van der Waals surface area contributed by atoms with Crippen LogP contribution in [0.1, 0.15) is 33.6 Å². The quantitative estimate of drug-likeness (QED) is 0.567. The van der Waals surface area contributed by atoms with Crippen LogP contribution in [-0.2, 0) is 10.0 Å². The molecule has 0 aliphatic rings. The molecule has 0 aromatic heterocycles. The fraction of sp³-hybridized carbons (Fsp3) is 0.538. The maximum absolute atomic E-state index is 12.3. The smallest absolute Gasteiger partial charge is 0.292 e. The van der Waals surface area contributed by atoms with Gasteiger partial charge in [-0.05, 0) is 31.9 Å². The van der Waals surface area contributed by atoms with Crippen molar-refractivity contribution in [3.8, 4) is 0 Å². The maximum Gasteiger partial charge on any atom is 0.292 e. The molecule has 0 heterocycles. The van der Waals surface area contributed by atoms with E-state index in [1.54, 1.807) is 6.92 Å². The van der Waals surface area contributed by atoms with Gasteiger partial charge >= 0.3 is 0 Å². The van der Waals surface area contributed by atoms with Gasteiger partial charge in [0.2, 0.25) is 10.0 Å². The number of rotatable bonds is 8. The number of nitrogens with zero attached hydrogens (tertiary/aromatic N) is 1. The Kier molecular flexibility index (Phi) is 6.10. The second-order valence-electron chi connectivity index (χ2n) is 4.60. The minimum atomic E-state index is -3.68. The monoisotopic (exact) mass is 315 g/mol. The van der Waals surface area contributed by atoms with Crippen LogP contribution in [0.5, 0.6) is 0 Å². The first kappa shape index (κ1) is 17.4. The zero-order chi connectivity index (χ0) is 16.0. The molecule has 0 bridgehead atoms. The standard InChI is InChI=1S/C13H21N3O4S/c1-4-10(5-2)15-21(19,20)11-7-8-13(16(17)18)12(9-11)14-6-3/h7-10,14-15H,4-6H2,1-3H3. The first-order valence-electron chi connectivity index (χ1n) is 6.90. The van der Waals surface area contributed by atoms with E-state index in [-0.39, 0.29) is 22.3 Å². The molecule has 118 valence electrons. The number of anilines is 1. The van der Waals surface area contributed by atoms with Crippen molar-refractivity contribution in [1.82, 2.24) is 4.72 Å². The van der Waals surface area contributed by atoms with Crippen LogP contribution in [0.3, 0.4) is 0 Å². The van der Waals surface area contributed by atoms with Gasteiger partial charge in [-0.3, -0.25) is 10.1 Å². The summed E-state index contributed by atoms with van der Waals surface area (Å²) >= 11 is 0. The lowest BCUT2D eigenvalue weighted by atomic mass is 10.2. The highest BCUT2D eigenvalue weighted by Crippen LogP contribution is 2.27. The van der Waals surface area contributed by atoms with Crippen LogP contribution in [0.15, 0.2) is 23.1 Å². The lowest BCUT2D eigenvalue weighted by molar-refractivity contribution is -0.384. The predicted octanol–water partition coefficient (Wildman–Crippen LogP) is 2.49. The third kappa shape index (κ3) is 4.40. The van der Waals surface area contributed by atoms with E-state index in [2.05, 4.69) is 10.0 Å². The van der Waals surface area contributed by atoms with Crippen LogP contribution in [0, 0.1) is 10.1 Å². The van der Waals surface area contributed by atoms with E-state index in [0.717, 1.165) is 0 Å². The average Bonchev–Trinajstić information content (AvgIpc) is 2.44. The van der Waals surface area contributed by atoms with E-state index < -0.39 is 14.9 Å². The zero-order valence-electron chi connectivity index (χ0n) is 12.4. The molecular formula is C13H21N3O4S. The Hall–Kier alpha value is -1.67. The molecule has 0 saturated carbocycles.